The number of rotatable bonds is 3. The van der Waals surface area contributed by atoms with Crippen LogP contribution in [0.4, 0.5) is 0 Å². The zero-order valence-electron chi connectivity index (χ0n) is 11.4. The van der Waals surface area contributed by atoms with Crippen LogP contribution in [0.3, 0.4) is 0 Å². The number of aliphatic imine (C=N–C) groups is 1. The van der Waals surface area contributed by atoms with Crippen molar-refractivity contribution in [2.45, 2.75) is 19.3 Å². The van der Waals surface area contributed by atoms with Crippen LogP contribution in [0, 0.1) is 0 Å². The summed E-state index contributed by atoms with van der Waals surface area (Å²) in [4.78, 5) is 9.14. The molecule has 0 saturated carbocycles. The van der Waals surface area contributed by atoms with Crippen LogP contribution < -0.4 is 5.73 Å². The van der Waals surface area contributed by atoms with E-state index in [-0.39, 0.29) is 0 Å². The lowest BCUT2D eigenvalue weighted by Gasteiger charge is -2.21. The Bertz CT molecular complexity index is 364. The average molecular weight is 248 g/mol. The van der Waals surface area contributed by atoms with Gasteiger partial charge in [0, 0.05) is 32.7 Å². The molecule has 0 spiro atoms. The molecule has 0 aliphatic carbocycles. The van der Waals surface area contributed by atoms with Gasteiger partial charge in [0.25, 0.3) is 0 Å². The Morgan fingerprint density at radius 1 is 1.28 bits per heavy atom. The van der Waals surface area contributed by atoms with Gasteiger partial charge in [0.2, 0.25) is 0 Å². The SMILES string of the molecule is C=C(/C(N)=C/C1=NCCCN(C)C1)N1CCCC1. The second-order valence-electron chi connectivity index (χ2n) is 5.20. The summed E-state index contributed by atoms with van der Waals surface area (Å²) in [6.45, 7) is 9.17. The summed E-state index contributed by atoms with van der Waals surface area (Å²) in [6.07, 6.45) is 5.62. The molecular formula is C14H24N4. The fraction of sp³-hybridized carbons (Fsp3) is 0.643. The van der Waals surface area contributed by atoms with E-state index >= 15 is 0 Å². The summed E-state index contributed by atoms with van der Waals surface area (Å²) in [5.41, 5.74) is 8.95. The normalized spacial score (nSPS) is 22.8. The molecule has 0 amide bonds. The van der Waals surface area contributed by atoms with Crippen LogP contribution in [0.5, 0.6) is 0 Å². The molecule has 2 N–H and O–H groups in total. The lowest BCUT2D eigenvalue weighted by molar-refractivity contribution is 0.385. The predicted molar refractivity (Wildman–Crippen MR) is 76.6 cm³/mol. The molecule has 4 nitrogen and oxygen atoms in total. The molecule has 0 unspecified atom stereocenters. The second-order valence-corrected chi connectivity index (χ2v) is 5.20. The van der Waals surface area contributed by atoms with E-state index in [1.165, 1.54) is 12.8 Å². The first-order valence-electron chi connectivity index (χ1n) is 6.80. The maximum atomic E-state index is 6.14. The van der Waals surface area contributed by atoms with Gasteiger partial charge in [-0.25, -0.2) is 0 Å². The lowest BCUT2D eigenvalue weighted by atomic mass is 10.2. The molecule has 0 aromatic carbocycles. The van der Waals surface area contributed by atoms with Crippen molar-refractivity contribution in [1.29, 1.82) is 0 Å². The molecule has 2 heterocycles. The minimum Gasteiger partial charge on any atom is -0.397 e. The van der Waals surface area contributed by atoms with Crippen LogP contribution in [-0.4, -0.2) is 55.3 Å². The smallest absolute Gasteiger partial charge is 0.0564 e. The van der Waals surface area contributed by atoms with E-state index in [0.717, 1.165) is 56.3 Å². The third-order valence-corrected chi connectivity index (χ3v) is 3.59. The summed E-state index contributed by atoms with van der Waals surface area (Å²) < 4.78 is 0. The summed E-state index contributed by atoms with van der Waals surface area (Å²) >= 11 is 0. The van der Waals surface area contributed by atoms with Gasteiger partial charge in [0.1, 0.15) is 0 Å². The zero-order chi connectivity index (χ0) is 13.0. The Morgan fingerprint density at radius 2 is 2.00 bits per heavy atom. The van der Waals surface area contributed by atoms with Crippen molar-refractivity contribution in [2.24, 2.45) is 10.7 Å². The van der Waals surface area contributed by atoms with Crippen molar-refractivity contribution < 1.29 is 0 Å². The Balaban J connectivity index is 2.01. The summed E-state index contributed by atoms with van der Waals surface area (Å²) in [6, 6.07) is 0. The van der Waals surface area contributed by atoms with Gasteiger partial charge >= 0.3 is 0 Å². The molecule has 0 aromatic rings. The predicted octanol–water partition coefficient (Wildman–Crippen LogP) is 1.21. The van der Waals surface area contributed by atoms with Crippen LogP contribution in [0.1, 0.15) is 19.3 Å². The fourth-order valence-electron chi connectivity index (χ4n) is 2.49. The highest BCUT2D eigenvalue weighted by molar-refractivity contribution is 5.97. The van der Waals surface area contributed by atoms with E-state index in [1.54, 1.807) is 0 Å². The number of nitrogens with zero attached hydrogens (tertiary/aromatic N) is 3. The highest BCUT2D eigenvalue weighted by Crippen LogP contribution is 2.17. The van der Waals surface area contributed by atoms with E-state index in [4.69, 9.17) is 5.73 Å². The van der Waals surface area contributed by atoms with Crippen LogP contribution in [0.15, 0.2) is 29.0 Å². The largest absolute Gasteiger partial charge is 0.397 e. The van der Waals surface area contributed by atoms with E-state index in [0.29, 0.717) is 0 Å². The Kier molecular flexibility index (Phi) is 4.42. The quantitative estimate of drug-likeness (QED) is 0.764. The van der Waals surface area contributed by atoms with E-state index in [2.05, 4.69) is 28.4 Å². The van der Waals surface area contributed by atoms with E-state index < -0.39 is 0 Å². The molecule has 0 aromatic heterocycles. The van der Waals surface area contributed by atoms with Crippen LogP contribution in [0.25, 0.3) is 0 Å². The molecular weight excluding hydrogens is 224 g/mol. The van der Waals surface area contributed by atoms with Gasteiger partial charge in [-0.15, -0.1) is 0 Å². The van der Waals surface area contributed by atoms with Crippen molar-refractivity contribution in [2.75, 3.05) is 39.8 Å². The van der Waals surface area contributed by atoms with Crippen LogP contribution >= 0.6 is 0 Å². The van der Waals surface area contributed by atoms with Gasteiger partial charge in [0.15, 0.2) is 0 Å². The maximum Gasteiger partial charge on any atom is 0.0564 e. The average Bonchev–Trinajstić information content (AvgIpc) is 2.79. The number of nitrogens with two attached hydrogens (primary N) is 1. The van der Waals surface area contributed by atoms with Crippen molar-refractivity contribution in [3.63, 3.8) is 0 Å². The first-order chi connectivity index (χ1) is 8.66. The third-order valence-electron chi connectivity index (χ3n) is 3.59. The minimum atomic E-state index is 0.769. The van der Waals surface area contributed by atoms with Crippen molar-refractivity contribution >= 4 is 5.71 Å². The highest BCUT2D eigenvalue weighted by Gasteiger charge is 2.15. The topological polar surface area (TPSA) is 44.9 Å². The molecule has 4 heteroatoms. The summed E-state index contributed by atoms with van der Waals surface area (Å²) in [5, 5.41) is 0. The standard InChI is InChI=1S/C14H24N4/c1-12(18-8-3-4-9-18)14(15)10-13-11-17(2)7-5-6-16-13/h10H,1,3-9,11,15H2,2H3/b14-10-. The molecule has 0 bridgehead atoms. The Hall–Kier alpha value is -1.29. The monoisotopic (exact) mass is 248 g/mol. The molecule has 1 fully saturated rings. The molecule has 100 valence electrons. The molecule has 0 radical (unpaired) electrons. The van der Waals surface area contributed by atoms with Gasteiger partial charge in [-0.2, -0.15) is 0 Å². The van der Waals surface area contributed by atoms with E-state index in [9.17, 15) is 0 Å². The Morgan fingerprint density at radius 3 is 2.72 bits per heavy atom. The third kappa shape index (κ3) is 3.35. The first-order valence-corrected chi connectivity index (χ1v) is 6.80. The fourth-order valence-corrected chi connectivity index (χ4v) is 2.49. The number of hydrogen-bond acceptors (Lipinski definition) is 4. The Labute approximate surface area is 110 Å². The van der Waals surface area contributed by atoms with Gasteiger partial charge in [0.05, 0.1) is 17.1 Å². The number of likely N-dealkylation sites (tertiary alicyclic amines) is 1. The van der Waals surface area contributed by atoms with Crippen LogP contribution in [0.2, 0.25) is 0 Å². The maximum absolute atomic E-state index is 6.14. The molecule has 0 atom stereocenters. The molecule has 2 aliphatic heterocycles. The van der Waals surface area contributed by atoms with Crippen LogP contribution in [-0.2, 0) is 0 Å². The van der Waals surface area contributed by atoms with Gasteiger partial charge < -0.3 is 15.5 Å². The summed E-state index contributed by atoms with van der Waals surface area (Å²) in [7, 11) is 2.13. The van der Waals surface area contributed by atoms with E-state index in [1.807, 2.05) is 6.08 Å². The van der Waals surface area contributed by atoms with Crippen molar-refractivity contribution in [1.82, 2.24) is 9.80 Å². The molecule has 2 aliphatic rings. The highest BCUT2D eigenvalue weighted by atomic mass is 15.2. The summed E-state index contributed by atoms with van der Waals surface area (Å²) in [5.74, 6) is 0. The van der Waals surface area contributed by atoms with Crippen molar-refractivity contribution in [3.05, 3.63) is 24.0 Å². The molecule has 2 rings (SSSR count). The molecule has 1 saturated heterocycles. The minimum absolute atomic E-state index is 0.769. The number of hydrogen-bond donors (Lipinski definition) is 1. The molecule has 18 heavy (non-hydrogen) atoms. The first kappa shape index (κ1) is 13.1. The second kappa shape index (κ2) is 6.05. The van der Waals surface area contributed by atoms with Gasteiger partial charge in [-0.1, -0.05) is 6.58 Å². The van der Waals surface area contributed by atoms with Crippen molar-refractivity contribution in [3.8, 4) is 0 Å². The van der Waals surface area contributed by atoms with Gasteiger partial charge in [-0.3, -0.25) is 4.99 Å². The van der Waals surface area contributed by atoms with Gasteiger partial charge in [-0.05, 0) is 32.4 Å². The lowest BCUT2D eigenvalue weighted by Crippen LogP contribution is -2.26. The zero-order valence-corrected chi connectivity index (χ0v) is 11.4.